The van der Waals surface area contributed by atoms with Gasteiger partial charge in [-0.15, -0.1) is 0 Å². The maximum Gasteiger partial charge on any atom is 0.126 e. The summed E-state index contributed by atoms with van der Waals surface area (Å²) in [5, 5.41) is 3.50. The molecule has 0 radical (unpaired) electrons. The van der Waals surface area contributed by atoms with Gasteiger partial charge in [-0.3, -0.25) is 4.98 Å². The third kappa shape index (κ3) is 3.43. The third-order valence-corrected chi connectivity index (χ3v) is 3.50. The van der Waals surface area contributed by atoms with Crippen molar-refractivity contribution in [3.05, 3.63) is 24.0 Å². The van der Waals surface area contributed by atoms with Crippen molar-refractivity contribution in [3.63, 3.8) is 0 Å². The molecule has 0 atom stereocenters. The van der Waals surface area contributed by atoms with E-state index < -0.39 is 0 Å². The molecule has 0 aromatic carbocycles. The van der Waals surface area contributed by atoms with Gasteiger partial charge in [-0.05, 0) is 31.2 Å². The van der Waals surface area contributed by atoms with Crippen LogP contribution in [0.1, 0.15) is 37.7 Å². The van der Waals surface area contributed by atoms with Crippen molar-refractivity contribution in [3.8, 4) is 5.75 Å². The highest BCUT2D eigenvalue weighted by Crippen LogP contribution is 2.32. The Balaban J connectivity index is 1.52. The quantitative estimate of drug-likeness (QED) is 0.784. The Kier molecular flexibility index (Phi) is 3.27. The summed E-state index contributed by atoms with van der Waals surface area (Å²) in [6.45, 7) is 1.74. The highest BCUT2D eigenvalue weighted by molar-refractivity contribution is 5.30. The fraction of sp³-hybridized carbons (Fsp3) is 0.643. The third-order valence-electron chi connectivity index (χ3n) is 3.50. The van der Waals surface area contributed by atoms with Crippen LogP contribution in [-0.4, -0.2) is 17.6 Å². The van der Waals surface area contributed by atoms with Gasteiger partial charge in [0.15, 0.2) is 0 Å². The van der Waals surface area contributed by atoms with Gasteiger partial charge in [-0.25, -0.2) is 0 Å². The first-order valence-electron chi connectivity index (χ1n) is 6.71. The minimum atomic E-state index is 0.731. The van der Waals surface area contributed by atoms with Crippen molar-refractivity contribution in [2.45, 2.75) is 44.7 Å². The summed E-state index contributed by atoms with van der Waals surface area (Å²) in [5.41, 5.74) is 1.19. The molecule has 0 unspecified atom stereocenters. The standard InChI is InChI=1S/C14H20N2O/c1-2-11(1)6-8-17-14-5-7-15-9-12(14)10-16-13-3-4-13/h5,7,9,11,13,16H,1-4,6,8,10H2. The van der Waals surface area contributed by atoms with Crippen LogP contribution in [0.15, 0.2) is 18.5 Å². The number of hydrogen-bond donors (Lipinski definition) is 1. The van der Waals surface area contributed by atoms with E-state index in [1.165, 1.54) is 37.7 Å². The zero-order valence-corrected chi connectivity index (χ0v) is 10.2. The molecule has 0 amide bonds. The Morgan fingerprint density at radius 3 is 2.94 bits per heavy atom. The van der Waals surface area contributed by atoms with Gasteiger partial charge in [0.25, 0.3) is 0 Å². The second-order valence-corrected chi connectivity index (χ2v) is 5.22. The first-order valence-corrected chi connectivity index (χ1v) is 6.71. The molecule has 0 spiro atoms. The van der Waals surface area contributed by atoms with E-state index >= 15 is 0 Å². The number of rotatable bonds is 7. The van der Waals surface area contributed by atoms with Crippen LogP contribution < -0.4 is 10.1 Å². The van der Waals surface area contributed by atoms with Crippen molar-refractivity contribution in [2.75, 3.05) is 6.61 Å². The first kappa shape index (κ1) is 11.0. The predicted octanol–water partition coefficient (Wildman–Crippen LogP) is 2.51. The zero-order chi connectivity index (χ0) is 11.5. The van der Waals surface area contributed by atoms with Gasteiger partial charge in [-0.2, -0.15) is 0 Å². The Morgan fingerprint density at radius 1 is 1.29 bits per heavy atom. The molecule has 1 heterocycles. The molecule has 3 heteroatoms. The van der Waals surface area contributed by atoms with Crippen LogP contribution in [0.3, 0.4) is 0 Å². The molecule has 3 rings (SSSR count). The topological polar surface area (TPSA) is 34.1 Å². The van der Waals surface area contributed by atoms with Crippen LogP contribution in [0.4, 0.5) is 0 Å². The Labute approximate surface area is 103 Å². The van der Waals surface area contributed by atoms with Crippen molar-refractivity contribution < 1.29 is 4.74 Å². The largest absolute Gasteiger partial charge is 0.493 e. The lowest BCUT2D eigenvalue weighted by Crippen LogP contribution is -2.16. The number of nitrogens with one attached hydrogen (secondary N) is 1. The van der Waals surface area contributed by atoms with Crippen molar-refractivity contribution in [1.82, 2.24) is 10.3 Å². The molecule has 1 aromatic rings. The second-order valence-electron chi connectivity index (χ2n) is 5.22. The molecule has 0 saturated heterocycles. The smallest absolute Gasteiger partial charge is 0.126 e. The predicted molar refractivity (Wildman–Crippen MR) is 66.9 cm³/mol. The van der Waals surface area contributed by atoms with Crippen molar-refractivity contribution in [2.24, 2.45) is 5.92 Å². The summed E-state index contributed by atoms with van der Waals surface area (Å²) >= 11 is 0. The zero-order valence-electron chi connectivity index (χ0n) is 10.2. The lowest BCUT2D eigenvalue weighted by molar-refractivity contribution is 0.298. The van der Waals surface area contributed by atoms with E-state index in [1.807, 2.05) is 18.5 Å². The molecule has 17 heavy (non-hydrogen) atoms. The van der Waals surface area contributed by atoms with Gasteiger partial charge in [0.2, 0.25) is 0 Å². The highest BCUT2D eigenvalue weighted by Gasteiger charge is 2.22. The molecule has 2 saturated carbocycles. The molecule has 2 aliphatic rings. The maximum absolute atomic E-state index is 5.86. The van der Waals surface area contributed by atoms with E-state index in [1.54, 1.807) is 0 Å². The minimum Gasteiger partial charge on any atom is -0.493 e. The van der Waals surface area contributed by atoms with E-state index in [4.69, 9.17) is 4.74 Å². The Bertz CT molecular complexity index is 372. The first-order chi connectivity index (χ1) is 8.42. The highest BCUT2D eigenvalue weighted by atomic mass is 16.5. The molecule has 0 bridgehead atoms. The summed E-state index contributed by atoms with van der Waals surface area (Å²) < 4.78 is 5.86. The van der Waals surface area contributed by atoms with Crippen molar-refractivity contribution in [1.29, 1.82) is 0 Å². The van der Waals surface area contributed by atoms with E-state index in [0.717, 1.165) is 30.9 Å². The number of ether oxygens (including phenoxy) is 1. The van der Waals surface area contributed by atoms with Crippen LogP contribution in [0, 0.1) is 5.92 Å². The van der Waals surface area contributed by atoms with E-state index in [2.05, 4.69) is 10.3 Å². The van der Waals surface area contributed by atoms with Crippen LogP contribution in [0.5, 0.6) is 5.75 Å². The molecule has 2 fully saturated rings. The van der Waals surface area contributed by atoms with E-state index in [9.17, 15) is 0 Å². The van der Waals surface area contributed by atoms with Crippen molar-refractivity contribution >= 4 is 0 Å². The van der Waals surface area contributed by atoms with Gasteiger partial charge in [0.05, 0.1) is 6.61 Å². The lowest BCUT2D eigenvalue weighted by atomic mass is 10.2. The molecule has 1 N–H and O–H groups in total. The average molecular weight is 232 g/mol. The van der Waals surface area contributed by atoms with Crippen LogP contribution in [0.2, 0.25) is 0 Å². The lowest BCUT2D eigenvalue weighted by Gasteiger charge is -2.11. The molecular weight excluding hydrogens is 212 g/mol. The summed E-state index contributed by atoms with van der Waals surface area (Å²) in [5.74, 6) is 1.94. The fourth-order valence-electron chi connectivity index (χ4n) is 1.97. The van der Waals surface area contributed by atoms with Crippen LogP contribution in [0.25, 0.3) is 0 Å². The van der Waals surface area contributed by atoms with Gasteiger partial charge >= 0.3 is 0 Å². The minimum absolute atomic E-state index is 0.731. The van der Waals surface area contributed by atoms with Crippen LogP contribution in [-0.2, 0) is 6.54 Å². The summed E-state index contributed by atoms with van der Waals surface area (Å²) in [6.07, 6.45) is 10.4. The molecule has 92 valence electrons. The molecule has 0 aliphatic heterocycles. The van der Waals surface area contributed by atoms with Gasteiger partial charge < -0.3 is 10.1 Å². The fourth-order valence-corrected chi connectivity index (χ4v) is 1.97. The number of aromatic nitrogens is 1. The van der Waals surface area contributed by atoms with E-state index in [-0.39, 0.29) is 0 Å². The normalized spacial score (nSPS) is 19.3. The Hall–Kier alpha value is -1.09. The summed E-state index contributed by atoms with van der Waals surface area (Å²) in [7, 11) is 0. The molecule has 1 aromatic heterocycles. The molecular formula is C14H20N2O. The SMILES string of the molecule is c1cc(OCCC2CC2)c(CNC2CC2)cn1. The average Bonchev–Trinajstić information content (AvgIpc) is 3.23. The van der Waals surface area contributed by atoms with Gasteiger partial charge in [-0.1, -0.05) is 12.8 Å². The van der Waals surface area contributed by atoms with Gasteiger partial charge in [0, 0.05) is 30.5 Å². The van der Waals surface area contributed by atoms with Crippen LogP contribution >= 0.6 is 0 Å². The Morgan fingerprint density at radius 2 is 2.18 bits per heavy atom. The molecule has 3 nitrogen and oxygen atoms in total. The number of nitrogens with zero attached hydrogens (tertiary/aromatic N) is 1. The van der Waals surface area contributed by atoms with Gasteiger partial charge in [0.1, 0.15) is 5.75 Å². The number of pyridine rings is 1. The maximum atomic E-state index is 5.86. The summed E-state index contributed by atoms with van der Waals surface area (Å²) in [4.78, 5) is 4.18. The summed E-state index contributed by atoms with van der Waals surface area (Å²) in [6, 6.07) is 2.71. The number of hydrogen-bond acceptors (Lipinski definition) is 3. The second kappa shape index (κ2) is 5.05. The van der Waals surface area contributed by atoms with E-state index in [0.29, 0.717) is 0 Å². The molecule has 2 aliphatic carbocycles. The monoisotopic (exact) mass is 232 g/mol.